The first-order chi connectivity index (χ1) is 8.66. The Hall–Kier alpha value is -2.37. The van der Waals surface area contributed by atoms with E-state index in [-0.39, 0.29) is 11.7 Å². The van der Waals surface area contributed by atoms with Crippen LogP contribution in [0.15, 0.2) is 12.1 Å². The number of aromatic nitrogens is 3. The van der Waals surface area contributed by atoms with Crippen molar-refractivity contribution >= 4 is 5.95 Å². The molecule has 0 spiro atoms. The van der Waals surface area contributed by atoms with E-state index >= 15 is 0 Å². The largest absolute Gasteiger partial charge is 0.507 e. The Morgan fingerprint density at radius 3 is 2.94 bits per heavy atom. The number of phenols is 1. The maximum absolute atomic E-state index is 10.3. The Kier molecular flexibility index (Phi) is 2.29. The van der Waals surface area contributed by atoms with Gasteiger partial charge in [-0.15, -0.1) is 10.2 Å². The molecular formula is C12H12N4O2. The lowest BCUT2D eigenvalue weighted by Crippen LogP contribution is -2.02. The predicted octanol–water partition coefficient (Wildman–Crippen LogP) is 1.07. The van der Waals surface area contributed by atoms with Gasteiger partial charge in [-0.3, -0.25) is 0 Å². The topological polar surface area (TPSA) is 94.2 Å². The molecule has 0 aliphatic carbocycles. The van der Waals surface area contributed by atoms with Crippen LogP contribution >= 0.6 is 0 Å². The van der Waals surface area contributed by atoms with Gasteiger partial charge >= 0.3 is 0 Å². The molecule has 0 unspecified atom stereocenters. The van der Waals surface area contributed by atoms with E-state index in [4.69, 9.17) is 10.5 Å². The highest BCUT2D eigenvalue weighted by Crippen LogP contribution is 2.40. The molecular weight excluding hydrogens is 232 g/mol. The van der Waals surface area contributed by atoms with E-state index in [1.165, 1.54) is 0 Å². The molecule has 1 aliphatic rings. The van der Waals surface area contributed by atoms with Gasteiger partial charge in [-0.1, -0.05) is 0 Å². The van der Waals surface area contributed by atoms with E-state index < -0.39 is 0 Å². The molecule has 3 N–H and O–H groups in total. The molecule has 0 saturated carbocycles. The van der Waals surface area contributed by atoms with Crippen molar-refractivity contribution in [2.75, 3.05) is 12.3 Å². The van der Waals surface area contributed by atoms with Crippen LogP contribution in [-0.2, 0) is 6.42 Å². The zero-order chi connectivity index (χ0) is 12.7. The van der Waals surface area contributed by atoms with E-state index in [2.05, 4.69) is 15.2 Å². The Labute approximate surface area is 103 Å². The quantitative estimate of drug-likeness (QED) is 0.779. The molecule has 1 aliphatic heterocycles. The van der Waals surface area contributed by atoms with Crippen LogP contribution in [0.25, 0.3) is 11.3 Å². The summed E-state index contributed by atoms with van der Waals surface area (Å²) in [7, 11) is 0. The second-order valence-corrected chi connectivity index (χ2v) is 4.14. The summed E-state index contributed by atoms with van der Waals surface area (Å²) in [5, 5.41) is 18.0. The second-order valence-electron chi connectivity index (χ2n) is 4.14. The fourth-order valence-corrected chi connectivity index (χ4v) is 2.12. The molecule has 2 heterocycles. The van der Waals surface area contributed by atoms with Gasteiger partial charge in [0.25, 0.3) is 0 Å². The fourth-order valence-electron chi connectivity index (χ4n) is 2.12. The number of hydrogen-bond donors (Lipinski definition) is 2. The summed E-state index contributed by atoms with van der Waals surface area (Å²) in [5.41, 5.74) is 8.06. The third kappa shape index (κ3) is 1.54. The Morgan fingerprint density at radius 1 is 1.33 bits per heavy atom. The van der Waals surface area contributed by atoms with Crippen molar-refractivity contribution in [2.45, 2.75) is 13.3 Å². The van der Waals surface area contributed by atoms with Gasteiger partial charge in [0, 0.05) is 17.5 Å². The van der Waals surface area contributed by atoms with Crippen molar-refractivity contribution in [2.24, 2.45) is 0 Å². The molecule has 3 rings (SSSR count). The molecule has 18 heavy (non-hydrogen) atoms. The first kappa shape index (κ1) is 10.8. The number of nitrogens with two attached hydrogens (primary N) is 1. The summed E-state index contributed by atoms with van der Waals surface area (Å²) in [6, 6.07) is 3.59. The van der Waals surface area contributed by atoms with Gasteiger partial charge in [0.1, 0.15) is 17.2 Å². The number of nitrogen functional groups attached to an aromatic ring is 1. The van der Waals surface area contributed by atoms with E-state index in [0.717, 1.165) is 11.3 Å². The van der Waals surface area contributed by atoms with Crippen molar-refractivity contribution in [1.82, 2.24) is 15.2 Å². The highest BCUT2D eigenvalue weighted by molar-refractivity contribution is 5.72. The third-order valence-electron chi connectivity index (χ3n) is 2.98. The predicted molar refractivity (Wildman–Crippen MR) is 65.3 cm³/mol. The van der Waals surface area contributed by atoms with E-state index in [9.17, 15) is 5.11 Å². The molecule has 2 aromatic rings. The van der Waals surface area contributed by atoms with Crippen molar-refractivity contribution in [1.29, 1.82) is 0 Å². The normalized spacial score (nSPS) is 13.2. The minimum Gasteiger partial charge on any atom is -0.507 e. The molecule has 0 bridgehead atoms. The summed E-state index contributed by atoms with van der Waals surface area (Å²) in [6.07, 6.45) is 0.698. The summed E-state index contributed by atoms with van der Waals surface area (Å²) < 4.78 is 5.39. The molecule has 0 amide bonds. The Morgan fingerprint density at radius 2 is 2.17 bits per heavy atom. The fraction of sp³-hybridized carbons (Fsp3) is 0.250. The van der Waals surface area contributed by atoms with Crippen LogP contribution in [0, 0.1) is 6.92 Å². The maximum atomic E-state index is 10.3. The van der Waals surface area contributed by atoms with Gasteiger partial charge in [0.2, 0.25) is 5.95 Å². The zero-order valence-corrected chi connectivity index (χ0v) is 9.84. The van der Waals surface area contributed by atoms with Gasteiger partial charge < -0.3 is 15.6 Å². The number of rotatable bonds is 1. The average molecular weight is 244 g/mol. The minimum absolute atomic E-state index is 0.125. The lowest BCUT2D eigenvalue weighted by molar-refractivity contribution is 0.357. The van der Waals surface area contributed by atoms with Crippen LogP contribution in [0.4, 0.5) is 5.95 Å². The summed E-state index contributed by atoms with van der Waals surface area (Å²) >= 11 is 0. The number of benzene rings is 1. The Bertz CT molecular complexity index is 628. The SMILES string of the molecule is Cc1nc(N)nnc1-c1ccc2c(c1O)CCO2. The molecule has 6 heteroatoms. The standard InChI is InChI=1S/C12H12N4O2/c1-6-10(15-16-12(13)14-6)8-2-3-9-7(11(8)17)4-5-18-9/h2-3,17H,4-5H2,1H3,(H2,13,14,16). The monoisotopic (exact) mass is 244 g/mol. The molecule has 0 atom stereocenters. The number of aromatic hydroxyl groups is 1. The first-order valence-corrected chi connectivity index (χ1v) is 5.61. The summed E-state index contributed by atoms with van der Waals surface area (Å²) in [6.45, 7) is 2.38. The number of anilines is 1. The highest BCUT2D eigenvalue weighted by atomic mass is 16.5. The molecule has 0 radical (unpaired) electrons. The number of aryl methyl sites for hydroxylation is 1. The van der Waals surface area contributed by atoms with Crippen LogP contribution < -0.4 is 10.5 Å². The summed E-state index contributed by atoms with van der Waals surface area (Å²) in [4.78, 5) is 4.05. The summed E-state index contributed by atoms with van der Waals surface area (Å²) in [5.74, 6) is 1.04. The first-order valence-electron chi connectivity index (χ1n) is 5.61. The van der Waals surface area contributed by atoms with Crippen molar-refractivity contribution in [3.63, 3.8) is 0 Å². The van der Waals surface area contributed by atoms with Crippen LogP contribution in [0.1, 0.15) is 11.3 Å². The highest BCUT2D eigenvalue weighted by Gasteiger charge is 2.21. The average Bonchev–Trinajstić information content (AvgIpc) is 2.80. The zero-order valence-electron chi connectivity index (χ0n) is 9.84. The van der Waals surface area contributed by atoms with Gasteiger partial charge in [-0.05, 0) is 19.1 Å². The number of hydrogen-bond acceptors (Lipinski definition) is 6. The van der Waals surface area contributed by atoms with Crippen molar-refractivity contribution in [3.05, 3.63) is 23.4 Å². The smallest absolute Gasteiger partial charge is 0.240 e. The lowest BCUT2D eigenvalue weighted by Gasteiger charge is -2.09. The second kappa shape index (κ2) is 3.83. The lowest BCUT2D eigenvalue weighted by atomic mass is 10.0. The maximum Gasteiger partial charge on any atom is 0.240 e. The Balaban J connectivity index is 2.18. The van der Waals surface area contributed by atoms with Crippen molar-refractivity contribution in [3.8, 4) is 22.8 Å². The number of fused-ring (bicyclic) bond motifs is 1. The molecule has 1 aromatic heterocycles. The van der Waals surface area contributed by atoms with Gasteiger partial charge in [-0.25, -0.2) is 4.98 Å². The number of ether oxygens (including phenoxy) is 1. The third-order valence-corrected chi connectivity index (χ3v) is 2.98. The molecule has 92 valence electrons. The van der Waals surface area contributed by atoms with Crippen LogP contribution in [0.5, 0.6) is 11.5 Å². The number of nitrogens with zero attached hydrogens (tertiary/aromatic N) is 3. The van der Waals surface area contributed by atoms with E-state index in [1.807, 2.05) is 6.07 Å². The molecule has 1 aromatic carbocycles. The van der Waals surface area contributed by atoms with E-state index in [0.29, 0.717) is 30.0 Å². The minimum atomic E-state index is 0.125. The van der Waals surface area contributed by atoms with Crippen LogP contribution in [0.3, 0.4) is 0 Å². The molecule has 0 saturated heterocycles. The number of phenolic OH excluding ortho intramolecular Hbond substituents is 1. The van der Waals surface area contributed by atoms with Gasteiger partial charge in [0.15, 0.2) is 0 Å². The molecule has 0 fully saturated rings. The molecule has 6 nitrogen and oxygen atoms in total. The van der Waals surface area contributed by atoms with E-state index in [1.54, 1.807) is 13.0 Å². The van der Waals surface area contributed by atoms with Crippen molar-refractivity contribution < 1.29 is 9.84 Å². The van der Waals surface area contributed by atoms with Gasteiger partial charge in [-0.2, -0.15) is 0 Å². The van der Waals surface area contributed by atoms with Crippen LogP contribution in [-0.4, -0.2) is 26.9 Å². The van der Waals surface area contributed by atoms with Crippen LogP contribution in [0.2, 0.25) is 0 Å². The van der Waals surface area contributed by atoms with Gasteiger partial charge in [0.05, 0.1) is 12.3 Å².